The summed E-state index contributed by atoms with van der Waals surface area (Å²) in [7, 11) is 1.83. The highest BCUT2D eigenvalue weighted by molar-refractivity contribution is 7.09. The van der Waals surface area contributed by atoms with Gasteiger partial charge in [0.05, 0.1) is 12.6 Å². The maximum atomic E-state index is 11.8. The van der Waals surface area contributed by atoms with Gasteiger partial charge >= 0.3 is 6.03 Å². The fourth-order valence-electron chi connectivity index (χ4n) is 1.77. The molecule has 1 aliphatic rings. The highest BCUT2D eigenvalue weighted by Gasteiger charge is 2.19. The monoisotopic (exact) mass is 254 g/mol. The molecule has 4 nitrogen and oxygen atoms in total. The number of hydrogen-bond acceptors (Lipinski definition) is 3. The summed E-state index contributed by atoms with van der Waals surface area (Å²) in [6, 6.07) is 4.32. The van der Waals surface area contributed by atoms with E-state index in [1.807, 2.05) is 13.1 Å². The van der Waals surface area contributed by atoms with E-state index in [1.54, 1.807) is 16.2 Å². The smallest absolute Gasteiger partial charge is 0.317 e. The molecule has 17 heavy (non-hydrogen) atoms. The minimum Gasteiger partial charge on any atom is -0.379 e. The van der Waals surface area contributed by atoms with Crippen LogP contribution in [-0.2, 0) is 11.2 Å². The molecule has 0 saturated carbocycles. The van der Waals surface area contributed by atoms with E-state index in [2.05, 4.69) is 16.8 Å². The van der Waals surface area contributed by atoms with Gasteiger partial charge < -0.3 is 15.0 Å². The number of carbonyl (C=O) groups excluding carboxylic acids is 1. The van der Waals surface area contributed by atoms with Gasteiger partial charge in [-0.3, -0.25) is 0 Å². The van der Waals surface area contributed by atoms with E-state index in [0.717, 1.165) is 26.0 Å². The van der Waals surface area contributed by atoms with Gasteiger partial charge in [0.25, 0.3) is 0 Å². The summed E-state index contributed by atoms with van der Waals surface area (Å²) in [5.74, 6) is 0. The lowest BCUT2D eigenvalue weighted by Gasteiger charge is -2.20. The Balaban J connectivity index is 1.71. The SMILES string of the molecule is CN(CCc1cccs1)C(=O)NC1CCOC1. The Morgan fingerprint density at radius 1 is 1.71 bits per heavy atom. The first-order chi connectivity index (χ1) is 8.25. The highest BCUT2D eigenvalue weighted by Crippen LogP contribution is 2.09. The zero-order valence-corrected chi connectivity index (χ0v) is 10.8. The summed E-state index contributed by atoms with van der Waals surface area (Å²) in [6.07, 6.45) is 1.84. The number of carbonyl (C=O) groups is 1. The molecule has 0 bridgehead atoms. The van der Waals surface area contributed by atoms with E-state index in [9.17, 15) is 4.79 Å². The van der Waals surface area contributed by atoms with Crippen molar-refractivity contribution >= 4 is 17.4 Å². The number of thiophene rings is 1. The van der Waals surface area contributed by atoms with Crippen molar-refractivity contribution in [2.24, 2.45) is 0 Å². The Hall–Kier alpha value is -1.07. The van der Waals surface area contributed by atoms with E-state index >= 15 is 0 Å². The first kappa shape index (κ1) is 12.4. The first-order valence-corrected chi connectivity index (χ1v) is 6.75. The molecular weight excluding hydrogens is 236 g/mol. The van der Waals surface area contributed by atoms with Crippen molar-refractivity contribution in [1.29, 1.82) is 0 Å². The first-order valence-electron chi connectivity index (χ1n) is 5.87. The van der Waals surface area contributed by atoms with E-state index in [4.69, 9.17) is 4.74 Å². The van der Waals surface area contributed by atoms with Crippen molar-refractivity contribution in [2.45, 2.75) is 18.9 Å². The molecule has 0 aliphatic carbocycles. The number of nitrogens with one attached hydrogen (secondary N) is 1. The van der Waals surface area contributed by atoms with E-state index < -0.39 is 0 Å². The van der Waals surface area contributed by atoms with Crippen molar-refractivity contribution in [1.82, 2.24) is 10.2 Å². The fourth-order valence-corrected chi connectivity index (χ4v) is 2.47. The molecule has 1 aromatic heterocycles. The Morgan fingerprint density at radius 3 is 3.24 bits per heavy atom. The molecule has 1 aliphatic heterocycles. The average molecular weight is 254 g/mol. The number of rotatable bonds is 4. The number of nitrogens with zero attached hydrogens (tertiary/aromatic N) is 1. The second-order valence-corrected chi connectivity index (χ2v) is 5.29. The molecule has 1 fully saturated rings. The van der Waals surface area contributed by atoms with Crippen LogP contribution in [0.2, 0.25) is 0 Å². The van der Waals surface area contributed by atoms with Crippen LogP contribution in [0.1, 0.15) is 11.3 Å². The van der Waals surface area contributed by atoms with Crippen LogP contribution in [-0.4, -0.2) is 43.8 Å². The number of likely N-dealkylation sites (N-methyl/N-ethyl adjacent to an activating group) is 1. The standard InChI is InChI=1S/C12H18N2O2S/c1-14(6-4-11-3-2-8-17-11)12(15)13-10-5-7-16-9-10/h2-3,8,10H,4-7,9H2,1H3,(H,13,15). The van der Waals surface area contributed by atoms with Gasteiger partial charge in [-0.2, -0.15) is 0 Å². The Bertz CT molecular complexity index is 347. The van der Waals surface area contributed by atoms with Crippen molar-refractivity contribution < 1.29 is 9.53 Å². The summed E-state index contributed by atoms with van der Waals surface area (Å²) in [4.78, 5) is 14.9. The molecule has 0 aromatic carbocycles. The van der Waals surface area contributed by atoms with Gasteiger partial charge in [-0.1, -0.05) is 6.07 Å². The van der Waals surface area contributed by atoms with Crippen molar-refractivity contribution in [3.8, 4) is 0 Å². The minimum absolute atomic E-state index is 0.00273. The number of ether oxygens (including phenoxy) is 1. The fraction of sp³-hybridized carbons (Fsp3) is 0.583. The van der Waals surface area contributed by atoms with Gasteiger partial charge in [-0.15, -0.1) is 11.3 Å². The lowest BCUT2D eigenvalue weighted by Crippen LogP contribution is -2.43. The average Bonchev–Trinajstić information content (AvgIpc) is 2.98. The molecule has 1 N–H and O–H groups in total. The lowest BCUT2D eigenvalue weighted by atomic mass is 10.3. The second-order valence-electron chi connectivity index (χ2n) is 4.26. The topological polar surface area (TPSA) is 41.6 Å². The maximum Gasteiger partial charge on any atom is 0.317 e. The van der Waals surface area contributed by atoms with Gasteiger partial charge in [0.2, 0.25) is 0 Å². The third kappa shape index (κ3) is 3.71. The maximum absolute atomic E-state index is 11.8. The summed E-state index contributed by atoms with van der Waals surface area (Å²) >= 11 is 1.73. The highest BCUT2D eigenvalue weighted by atomic mass is 32.1. The molecule has 0 spiro atoms. The minimum atomic E-state index is -0.00273. The van der Waals surface area contributed by atoms with Crippen LogP contribution in [0.25, 0.3) is 0 Å². The molecule has 2 rings (SSSR count). The van der Waals surface area contributed by atoms with Crippen LogP contribution >= 0.6 is 11.3 Å². The van der Waals surface area contributed by atoms with Gasteiger partial charge in [0, 0.05) is 25.1 Å². The van der Waals surface area contributed by atoms with Crippen LogP contribution in [0.5, 0.6) is 0 Å². The van der Waals surface area contributed by atoms with E-state index in [-0.39, 0.29) is 12.1 Å². The number of urea groups is 1. The van der Waals surface area contributed by atoms with E-state index in [1.165, 1.54) is 4.88 Å². The predicted octanol–water partition coefficient (Wildman–Crippen LogP) is 1.72. The van der Waals surface area contributed by atoms with E-state index in [0.29, 0.717) is 6.61 Å². The van der Waals surface area contributed by atoms with Crippen molar-refractivity contribution in [3.05, 3.63) is 22.4 Å². The summed E-state index contributed by atoms with van der Waals surface area (Å²) in [6.45, 7) is 2.15. The molecule has 2 heterocycles. The van der Waals surface area contributed by atoms with Crippen LogP contribution in [0, 0.1) is 0 Å². The lowest BCUT2D eigenvalue weighted by molar-refractivity contribution is 0.182. The zero-order chi connectivity index (χ0) is 12.1. The van der Waals surface area contributed by atoms with Gasteiger partial charge in [-0.25, -0.2) is 4.79 Å². The summed E-state index contributed by atoms with van der Waals surface area (Å²) in [5.41, 5.74) is 0. The third-order valence-corrected chi connectivity index (χ3v) is 3.81. The van der Waals surface area contributed by atoms with Gasteiger partial charge in [0.1, 0.15) is 0 Å². The Labute approximate surface area is 106 Å². The summed E-state index contributed by atoms with van der Waals surface area (Å²) < 4.78 is 5.23. The molecule has 0 radical (unpaired) electrons. The van der Waals surface area contributed by atoms with Crippen LogP contribution in [0.4, 0.5) is 4.79 Å². The number of hydrogen-bond donors (Lipinski definition) is 1. The zero-order valence-electron chi connectivity index (χ0n) is 10.0. The van der Waals surface area contributed by atoms with Gasteiger partial charge in [0.15, 0.2) is 0 Å². The van der Waals surface area contributed by atoms with Crippen LogP contribution in [0.3, 0.4) is 0 Å². The van der Waals surface area contributed by atoms with Gasteiger partial charge in [-0.05, 0) is 24.3 Å². The molecule has 1 unspecified atom stereocenters. The second kappa shape index (κ2) is 6.02. The largest absolute Gasteiger partial charge is 0.379 e. The molecule has 5 heteroatoms. The Kier molecular flexibility index (Phi) is 4.39. The quantitative estimate of drug-likeness (QED) is 0.889. The molecule has 2 amide bonds. The molecule has 94 valence electrons. The predicted molar refractivity (Wildman–Crippen MR) is 68.4 cm³/mol. The number of amides is 2. The molecule has 1 saturated heterocycles. The van der Waals surface area contributed by atoms with Crippen molar-refractivity contribution in [3.63, 3.8) is 0 Å². The Morgan fingerprint density at radius 2 is 2.59 bits per heavy atom. The van der Waals surface area contributed by atoms with Crippen LogP contribution in [0.15, 0.2) is 17.5 Å². The van der Waals surface area contributed by atoms with Crippen LogP contribution < -0.4 is 5.32 Å². The molecule has 1 atom stereocenters. The molecule has 1 aromatic rings. The van der Waals surface area contributed by atoms with Crippen molar-refractivity contribution in [2.75, 3.05) is 26.8 Å². The summed E-state index contributed by atoms with van der Waals surface area (Å²) in [5, 5.41) is 5.03. The normalized spacial score (nSPS) is 19.2. The third-order valence-electron chi connectivity index (χ3n) is 2.88. The molecular formula is C12H18N2O2S.